The van der Waals surface area contributed by atoms with Gasteiger partial charge in [0.25, 0.3) is 11.6 Å². The first-order valence-corrected chi connectivity index (χ1v) is 7.20. The van der Waals surface area contributed by atoms with Gasteiger partial charge in [-0.15, -0.1) is 0 Å². The molecule has 8 nitrogen and oxygen atoms in total. The van der Waals surface area contributed by atoms with Crippen LogP contribution in [-0.2, 0) is 4.79 Å². The number of benzene rings is 1. The van der Waals surface area contributed by atoms with E-state index in [0.717, 1.165) is 0 Å². The van der Waals surface area contributed by atoms with E-state index < -0.39 is 22.7 Å². The molecule has 1 atom stereocenters. The lowest BCUT2D eigenvalue weighted by Crippen LogP contribution is -2.42. The minimum atomic E-state index is -0.935. The number of rotatable bonds is 4. The van der Waals surface area contributed by atoms with Gasteiger partial charge < -0.3 is 14.7 Å². The Bertz CT molecular complexity index is 658. The standard InChI is InChI=1S/C15H18N2O6/c1-9-12(17(21)22)6-11(7-13(9)23-2)14(18)16-5-3-4-10(8-16)15(19)20/h6-7,10H,3-5,8H2,1-2H3,(H,19,20). The molecular weight excluding hydrogens is 304 g/mol. The molecule has 0 bridgehead atoms. The number of nitro benzene ring substituents is 1. The molecule has 23 heavy (non-hydrogen) atoms. The van der Waals surface area contributed by atoms with Gasteiger partial charge in [-0.25, -0.2) is 0 Å². The zero-order chi connectivity index (χ0) is 17.1. The highest BCUT2D eigenvalue weighted by molar-refractivity contribution is 5.96. The second-order valence-electron chi connectivity index (χ2n) is 5.51. The van der Waals surface area contributed by atoms with E-state index in [2.05, 4.69) is 0 Å². The van der Waals surface area contributed by atoms with Crippen molar-refractivity contribution in [3.63, 3.8) is 0 Å². The van der Waals surface area contributed by atoms with E-state index in [1.54, 1.807) is 6.92 Å². The molecule has 1 aromatic carbocycles. The van der Waals surface area contributed by atoms with Crippen LogP contribution in [0, 0.1) is 23.0 Å². The molecular formula is C15H18N2O6. The molecule has 1 saturated heterocycles. The third kappa shape index (κ3) is 3.41. The van der Waals surface area contributed by atoms with E-state index in [1.165, 1.54) is 24.1 Å². The van der Waals surface area contributed by atoms with Gasteiger partial charge in [-0.2, -0.15) is 0 Å². The van der Waals surface area contributed by atoms with Gasteiger partial charge in [0, 0.05) is 19.2 Å². The molecule has 0 aliphatic carbocycles. The van der Waals surface area contributed by atoms with Crippen molar-refractivity contribution in [2.45, 2.75) is 19.8 Å². The van der Waals surface area contributed by atoms with E-state index in [1.807, 2.05) is 0 Å². The van der Waals surface area contributed by atoms with Gasteiger partial charge in [-0.05, 0) is 25.8 Å². The number of aliphatic carboxylic acids is 1. The van der Waals surface area contributed by atoms with Crippen molar-refractivity contribution >= 4 is 17.6 Å². The summed E-state index contributed by atoms with van der Waals surface area (Å²) < 4.78 is 5.10. The minimum absolute atomic E-state index is 0.109. The van der Waals surface area contributed by atoms with Gasteiger partial charge >= 0.3 is 5.97 Å². The summed E-state index contributed by atoms with van der Waals surface area (Å²) in [6, 6.07) is 2.67. The van der Waals surface area contributed by atoms with Gasteiger partial charge in [0.05, 0.1) is 29.1 Å². The van der Waals surface area contributed by atoms with Gasteiger partial charge in [0.1, 0.15) is 5.75 Å². The molecule has 1 unspecified atom stereocenters. The molecule has 1 fully saturated rings. The van der Waals surface area contributed by atoms with E-state index in [-0.39, 0.29) is 23.5 Å². The Kier molecular flexibility index (Phi) is 4.83. The molecule has 0 aromatic heterocycles. The molecule has 0 saturated carbocycles. The van der Waals surface area contributed by atoms with Crippen molar-refractivity contribution in [2.24, 2.45) is 5.92 Å². The zero-order valence-electron chi connectivity index (χ0n) is 12.9. The summed E-state index contributed by atoms with van der Waals surface area (Å²) in [6.45, 7) is 2.09. The van der Waals surface area contributed by atoms with Gasteiger partial charge in [-0.3, -0.25) is 19.7 Å². The van der Waals surface area contributed by atoms with Crippen LogP contribution in [0.5, 0.6) is 5.75 Å². The summed E-state index contributed by atoms with van der Waals surface area (Å²) >= 11 is 0. The quantitative estimate of drug-likeness (QED) is 0.669. The van der Waals surface area contributed by atoms with Crippen LogP contribution in [0.4, 0.5) is 5.69 Å². The van der Waals surface area contributed by atoms with Crippen LogP contribution in [-0.4, -0.2) is 47.0 Å². The average molecular weight is 322 g/mol. The molecule has 0 radical (unpaired) electrons. The molecule has 1 heterocycles. The maximum atomic E-state index is 12.6. The number of carbonyl (C=O) groups excluding carboxylic acids is 1. The first-order valence-electron chi connectivity index (χ1n) is 7.20. The van der Waals surface area contributed by atoms with Crippen molar-refractivity contribution in [3.8, 4) is 5.75 Å². The normalized spacial score (nSPS) is 17.7. The van der Waals surface area contributed by atoms with Crippen LogP contribution in [0.15, 0.2) is 12.1 Å². The Balaban J connectivity index is 2.33. The number of carboxylic acids is 1. The monoisotopic (exact) mass is 322 g/mol. The van der Waals surface area contributed by atoms with Crippen molar-refractivity contribution in [1.82, 2.24) is 4.90 Å². The Morgan fingerprint density at radius 2 is 2.13 bits per heavy atom. The summed E-state index contributed by atoms with van der Waals surface area (Å²) in [7, 11) is 1.38. The Labute approximate surface area is 132 Å². The summed E-state index contributed by atoms with van der Waals surface area (Å²) in [5.41, 5.74) is 0.279. The fourth-order valence-electron chi connectivity index (χ4n) is 2.74. The number of nitrogens with zero attached hydrogens (tertiary/aromatic N) is 2. The van der Waals surface area contributed by atoms with E-state index in [9.17, 15) is 19.7 Å². The van der Waals surface area contributed by atoms with Crippen LogP contribution in [0.25, 0.3) is 0 Å². The maximum Gasteiger partial charge on any atom is 0.308 e. The zero-order valence-corrected chi connectivity index (χ0v) is 12.9. The van der Waals surface area contributed by atoms with Gasteiger partial charge in [0.15, 0.2) is 0 Å². The molecule has 1 amide bonds. The molecule has 2 rings (SSSR count). The number of nitro groups is 1. The molecule has 1 aliphatic heterocycles. The number of hydrogen-bond donors (Lipinski definition) is 1. The Morgan fingerprint density at radius 3 is 2.70 bits per heavy atom. The first-order chi connectivity index (χ1) is 10.8. The van der Waals surface area contributed by atoms with Gasteiger partial charge in [0.2, 0.25) is 0 Å². The van der Waals surface area contributed by atoms with E-state index in [4.69, 9.17) is 9.84 Å². The molecule has 0 spiro atoms. The predicted octanol–water partition coefficient (Wildman–Crippen LogP) is 1.85. The number of carbonyl (C=O) groups is 2. The van der Waals surface area contributed by atoms with Crippen molar-refractivity contribution in [3.05, 3.63) is 33.4 Å². The Morgan fingerprint density at radius 1 is 1.43 bits per heavy atom. The minimum Gasteiger partial charge on any atom is -0.496 e. The number of hydrogen-bond acceptors (Lipinski definition) is 5. The third-order valence-corrected chi connectivity index (χ3v) is 4.05. The fourth-order valence-corrected chi connectivity index (χ4v) is 2.74. The van der Waals surface area contributed by atoms with Crippen LogP contribution in [0.3, 0.4) is 0 Å². The lowest BCUT2D eigenvalue weighted by Gasteiger charge is -2.30. The molecule has 1 aliphatic rings. The lowest BCUT2D eigenvalue weighted by molar-refractivity contribution is -0.385. The summed E-state index contributed by atoms with van der Waals surface area (Å²) in [4.78, 5) is 35.7. The Hall–Kier alpha value is -2.64. The van der Waals surface area contributed by atoms with Crippen LogP contribution >= 0.6 is 0 Å². The topological polar surface area (TPSA) is 110 Å². The number of carboxylic acid groups (broad SMARTS) is 1. The second-order valence-corrected chi connectivity index (χ2v) is 5.51. The molecule has 124 valence electrons. The van der Waals surface area contributed by atoms with Crippen LogP contribution in [0.2, 0.25) is 0 Å². The maximum absolute atomic E-state index is 12.6. The largest absolute Gasteiger partial charge is 0.496 e. The summed E-state index contributed by atoms with van der Waals surface area (Å²) in [5, 5.41) is 20.2. The first kappa shape index (κ1) is 16.7. The SMILES string of the molecule is COc1cc(C(=O)N2CCCC(C(=O)O)C2)cc([N+](=O)[O-])c1C. The van der Waals surface area contributed by atoms with E-state index >= 15 is 0 Å². The predicted molar refractivity (Wildman–Crippen MR) is 80.6 cm³/mol. The highest BCUT2D eigenvalue weighted by atomic mass is 16.6. The smallest absolute Gasteiger partial charge is 0.308 e. The molecule has 1 aromatic rings. The summed E-state index contributed by atoms with van der Waals surface area (Å²) in [5.74, 6) is -1.70. The number of ether oxygens (including phenoxy) is 1. The molecule has 8 heteroatoms. The number of piperidine rings is 1. The number of likely N-dealkylation sites (tertiary alicyclic amines) is 1. The fraction of sp³-hybridized carbons (Fsp3) is 0.467. The number of amides is 1. The summed E-state index contributed by atoms with van der Waals surface area (Å²) in [6.07, 6.45) is 1.12. The van der Waals surface area contributed by atoms with Crippen molar-refractivity contribution < 1.29 is 24.4 Å². The van der Waals surface area contributed by atoms with Crippen LogP contribution in [0.1, 0.15) is 28.8 Å². The van der Waals surface area contributed by atoms with E-state index in [0.29, 0.717) is 24.9 Å². The van der Waals surface area contributed by atoms with Crippen molar-refractivity contribution in [2.75, 3.05) is 20.2 Å². The average Bonchev–Trinajstić information content (AvgIpc) is 2.54. The third-order valence-electron chi connectivity index (χ3n) is 4.05. The number of methoxy groups -OCH3 is 1. The second kappa shape index (κ2) is 6.64. The molecule has 1 N–H and O–H groups in total. The lowest BCUT2D eigenvalue weighted by atomic mass is 9.97. The van der Waals surface area contributed by atoms with Crippen LogP contribution < -0.4 is 4.74 Å². The highest BCUT2D eigenvalue weighted by Crippen LogP contribution is 2.30. The highest BCUT2D eigenvalue weighted by Gasteiger charge is 2.30. The van der Waals surface area contributed by atoms with Crippen molar-refractivity contribution in [1.29, 1.82) is 0 Å². The van der Waals surface area contributed by atoms with Gasteiger partial charge in [-0.1, -0.05) is 0 Å².